The number of aromatic nitrogens is 1. The van der Waals surface area contributed by atoms with Crippen LogP contribution in [-0.4, -0.2) is 25.6 Å². The van der Waals surface area contributed by atoms with Crippen LogP contribution in [0.15, 0.2) is 18.3 Å². The van der Waals surface area contributed by atoms with Crippen LogP contribution in [0.1, 0.15) is 25.6 Å². The third-order valence-electron chi connectivity index (χ3n) is 2.56. The number of pyridine rings is 1. The molecule has 0 radical (unpaired) electrons. The Morgan fingerprint density at radius 1 is 1.50 bits per heavy atom. The van der Waals surface area contributed by atoms with Crippen molar-refractivity contribution >= 4 is 5.69 Å². The summed E-state index contributed by atoms with van der Waals surface area (Å²) in [6, 6.07) is 4.50. The van der Waals surface area contributed by atoms with Crippen LogP contribution in [0.25, 0.3) is 0 Å². The van der Waals surface area contributed by atoms with Gasteiger partial charge in [-0.1, -0.05) is 0 Å². The number of nitrogens with zero attached hydrogens (tertiary/aromatic N) is 2. The highest BCUT2D eigenvalue weighted by atomic mass is 15.1. The van der Waals surface area contributed by atoms with E-state index in [1.165, 1.54) is 5.69 Å². The average molecular weight is 193 g/mol. The molecular weight excluding hydrogens is 174 g/mol. The summed E-state index contributed by atoms with van der Waals surface area (Å²) in [6.45, 7) is 5.23. The summed E-state index contributed by atoms with van der Waals surface area (Å²) in [5.74, 6) is 0. The van der Waals surface area contributed by atoms with Crippen molar-refractivity contribution in [1.82, 2.24) is 10.3 Å². The van der Waals surface area contributed by atoms with Gasteiger partial charge in [0.2, 0.25) is 0 Å². The van der Waals surface area contributed by atoms with Crippen molar-refractivity contribution < 1.29 is 0 Å². The van der Waals surface area contributed by atoms with E-state index < -0.39 is 0 Å². The van der Waals surface area contributed by atoms with Gasteiger partial charge in [-0.2, -0.15) is 0 Å². The lowest BCUT2D eigenvalue weighted by Crippen LogP contribution is -2.17. The zero-order valence-electron chi connectivity index (χ0n) is 9.41. The van der Waals surface area contributed by atoms with Gasteiger partial charge in [-0.25, -0.2) is 0 Å². The van der Waals surface area contributed by atoms with Gasteiger partial charge < -0.3 is 10.2 Å². The molecule has 0 saturated heterocycles. The van der Waals surface area contributed by atoms with E-state index in [9.17, 15) is 0 Å². The number of hydrogen-bond acceptors (Lipinski definition) is 3. The molecule has 0 aliphatic carbocycles. The fourth-order valence-electron chi connectivity index (χ4n) is 1.21. The van der Waals surface area contributed by atoms with Gasteiger partial charge >= 0.3 is 0 Å². The van der Waals surface area contributed by atoms with Crippen LogP contribution in [0.2, 0.25) is 0 Å². The molecule has 3 nitrogen and oxygen atoms in total. The fourth-order valence-corrected chi connectivity index (χ4v) is 1.21. The smallest absolute Gasteiger partial charge is 0.0571 e. The van der Waals surface area contributed by atoms with Crippen LogP contribution in [0.4, 0.5) is 5.69 Å². The molecule has 1 aromatic heterocycles. The van der Waals surface area contributed by atoms with Crippen LogP contribution in [0, 0.1) is 0 Å². The lowest BCUT2D eigenvalue weighted by molar-refractivity contribution is 0.633. The largest absolute Gasteiger partial charge is 0.374 e. The molecule has 14 heavy (non-hydrogen) atoms. The molecule has 0 saturated carbocycles. The second-order valence-corrected chi connectivity index (χ2v) is 3.47. The molecule has 3 heteroatoms. The Balaban J connectivity index is 2.78. The maximum absolute atomic E-state index is 4.41. The number of anilines is 1. The van der Waals surface area contributed by atoms with Gasteiger partial charge in [0.15, 0.2) is 0 Å². The van der Waals surface area contributed by atoms with E-state index in [2.05, 4.69) is 48.2 Å². The summed E-state index contributed by atoms with van der Waals surface area (Å²) in [5.41, 5.74) is 2.25. The monoisotopic (exact) mass is 193 g/mol. The molecule has 0 spiro atoms. The van der Waals surface area contributed by atoms with E-state index in [4.69, 9.17) is 0 Å². The third-order valence-corrected chi connectivity index (χ3v) is 2.56. The fraction of sp³-hybridized carbons (Fsp3) is 0.545. The predicted molar refractivity (Wildman–Crippen MR) is 60.7 cm³/mol. The minimum absolute atomic E-state index is 0.316. The molecule has 1 rings (SSSR count). The third kappa shape index (κ3) is 2.45. The molecule has 1 aromatic rings. The minimum atomic E-state index is 0.316. The lowest BCUT2D eigenvalue weighted by Gasteiger charge is -2.17. The van der Waals surface area contributed by atoms with Gasteiger partial charge in [0, 0.05) is 19.6 Å². The zero-order valence-corrected chi connectivity index (χ0v) is 9.41. The van der Waals surface area contributed by atoms with Crippen molar-refractivity contribution in [3.8, 4) is 0 Å². The normalized spacial score (nSPS) is 12.6. The Hall–Kier alpha value is -1.09. The molecule has 0 bridgehead atoms. The molecular formula is C11H19N3. The van der Waals surface area contributed by atoms with Gasteiger partial charge in [0.1, 0.15) is 0 Å². The lowest BCUT2D eigenvalue weighted by atomic mass is 10.2. The van der Waals surface area contributed by atoms with Crippen molar-refractivity contribution in [1.29, 1.82) is 0 Å². The Bertz CT molecular complexity index is 239. The van der Waals surface area contributed by atoms with Gasteiger partial charge in [0.25, 0.3) is 0 Å². The molecule has 1 N–H and O–H groups in total. The Morgan fingerprint density at radius 3 is 2.64 bits per heavy atom. The van der Waals surface area contributed by atoms with Crippen LogP contribution in [-0.2, 0) is 0 Å². The Kier molecular flexibility index (Phi) is 3.89. The maximum atomic E-state index is 4.41. The van der Waals surface area contributed by atoms with Gasteiger partial charge in [-0.05, 0) is 33.0 Å². The van der Waals surface area contributed by atoms with E-state index in [-0.39, 0.29) is 0 Å². The van der Waals surface area contributed by atoms with Crippen LogP contribution in [0.3, 0.4) is 0 Å². The quantitative estimate of drug-likeness (QED) is 0.790. The van der Waals surface area contributed by atoms with E-state index in [0.29, 0.717) is 6.04 Å². The van der Waals surface area contributed by atoms with E-state index >= 15 is 0 Å². The second kappa shape index (κ2) is 4.96. The first-order chi connectivity index (χ1) is 6.69. The SMILES string of the molecule is CCN(C)c1ccc(C(C)NC)nc1. The van der Waals surface area contributed by atoms with E-state index in [1.807, 2.05) is 13.2 Å². The number of hydrogen-bond donors (Lipinski definition) is 1. The van der Waals surface area contributed by atoms with Crippen molar-refractivity contribution in [2.24, 2.45) is 0 Å². The van der Waals surface area contributed by atoms with E-state index in [0.717, 1.165) is 12.2 Å². The Morgan fingerprint density at radius 2 is 2.21 bits per heavy atom. The molecule has 78 valence electrons. The molecule has 0 aliphatic heterocycles. The molecule has 0 aliphatic rings. The molecule has 0 aromatic carbocycles. The second-order valence-electron chi connectivity index (χ2n) is 3.47. The molecule has 0 amide bonds. The van der Waals surface area contributed by atoms with Gasteiger partial charge in [-0.3, -0.25) is 4.98 Å². The van der Waals surface area contributed by atoms with Crippen molar-refractivity contribution in [2.45, 2.75) is 19.9 Å². The number of rotatable bonds is 4. The van der Waals surface area contributed by atoms with Gasteiger partial charge in [0.05, 0.1) is 17.6 Å². The maximum Gasteiger partial charge on any atom is 0.0571 e. The highest BCUT2D eigenvalue weighted by molar-refractivity contribution is 5.43. The van der Waals surface area contributed by atoms with Crippen molar-refractivity contribution in [3.63, 3.8) is 0 Å². The minimum Gasteiger partial charge on any atom is -0.374 e. The molecule has 1 atom stereocenters. The molecule has 1 heterocycles. The summed E-state index contributed by atoms with van der Waals surface area (Å²) in [5, 5.41) is 3.17. The standard InChI is InChI=1S/C11H19N3/c1-5-14(4)10-6-7-11(13-8-10)9(2)12-3/h6-9,12H,5H2,1-4H3. The number of nitrogens with one attached hydrogen (secondary N) is 1. The first-order valence-corrected chi connectivity index (χ1v) is 5.03. The highest BCUT2D eigenvalue weighted by Crippen LogP contribution is 2.14. The van der Waals surface area contributed by atoms with Gasteiger partial charge in [-0.15, -0.1) is 0 Å². The van der Waals surface area contributed by atoms with E-state index in [1.54, 1.807) is 0 Å². The summed E-state index contributed by atoms with van der Waals surface area (Å²) in [4.78, 5) is 6.58. The average Bonchev–Trinajstić information content (AvgIpc) is 2.27. The first-order valence-electron chi connectivity index (χ1n) is 5.03. The summed E-state index contributed by atoms with van der Waals surface area (Å²) in [6.07, 6.45) is 1.92. The first kappa shape index (κ1) is 11.0. The highest BCUT2D eigenvalue weighted by Gasteiger charge is 2.04. The zero-order chi connectivity index (χ0) is 10.6. The summed E-state index contributed by atoms with van der Waals surface area (Å²) >= 11 is 0. The van der Waals surface area contributed by atoms with Crippen LogP contribution in [0.5, 0.6) is 0 Å². The topological polar surface area (TPSA) is 28.2 Å². The predicted octanol–water partition coefficient (Wildman–Crippen LogP) is 1.82. The molecule has 0 fully saturated rings. The van der Waals surface area contributed by atoms with Crippen LogP contribution < -0.4 is 10.2 Å². The van der Waals surface area contributed by atoms with Crippen LogP contribution >= 0.6 is 0 Å². The van der Waals surface area contributed by atoms with Crippen molar-refractivity contribution in [2.75, 3.05) is 25.5 Å². The molecule has 1 unspecified atom stereocenters. The van der Waals surface area contributed by atoms with Crippen molar-refractivity contribution in [3.05, 3.63) is 24.0 Å². The Labute approximate surface area is 86.2 Å². The summed E-state index contributed by atoms with van der Waals surface area (Å²) < 4.78 is 0. The summed E-state index contributed by atoms with van der Waals surface area (Å²) in [7, 11) is 4.01.